The number of hydrogen-bond acceptors (Lipinski definition) is 4. The van der Waals surface area contributed by atoms with Crippen molar-refractivity contribution in [2.24, 2.45) is 0 Å². The number of rotatable bonds is 7. The summed E-state index contributed by atoms with van der Waals surface area (Å²) >= 11 is 0. The Morgan fingerprint density at radius 3 is 2.24 bits per heavy atom. The Labute approximate surface area is 191 Å². The van der Waals surface area contributed by atoms with Crippen LogP contribution in [0.1, 0.15) is 15.9 Å². The maximum absolute atomic E-state index is 12.4. The van der Waals surface area contributed by atoms with Gasteiger partial charge in [0.1, 0.15) is 5.75 Å². The van der Waals surface area contributed by atoms with Crippen LogP contribution in [0.5, 0.6) is 5.75 Å². The fraction of sp³-hybridized carbons (Fsp3) is 0.0385. The Morgan fingerprint density at radius 2 is 1.55 bits per heavy atom. The van der Waals surface area contributed by atoms with Gasteiger partial charge in [-0.2, -0.15) is 5.10 Å². The Kier molecular flexibility index (Phi) is 6.61. The third kappa shape index (κ3) is 5.74. The molecule has 1 aromatic heterocycles. The number of carbonyl (C=O) groups excluding carboxylic acids is 2. The molecule has 33 heavy (non-hydrogen) atoms. The van der Waals surface area contributed by atoms with Crippen molar-refractivity contribution in [3.8, 4) is 11.4 Å². The normalized spacial score (nSPS) is 10.7. The molecule has 0 radical (unpaired) electrons. The molecule has 1 heterocycles. The van der Waals surface area contributed by atoms with Gasteiger partial charge in [0.25, 0.3) is 5.91 Å². The number of hydrogen-bond donors (Lipinski definition) is 2. The number of amides is 2. The molecule has 0 aliphatic carbocycles. The number of nitrogens with zero attached hydrogens (tertiary/aromatic N) is 2. The van der Waals surface area contributed by atoms with Gasteiger partial charge in [-0.25, -0.2) is 4.68 Å². The van der Waals surface area contributed by atoms with E-state index in [2.05, 4.69) is 15.7 Å². The first-order valence-corrected chi connectivity index (χ1v) is 10.3. The molecule has 7 nitrogen and oxygen atoms in total. The highest BCUT2D eigenvalue weighted by Gasteiger charge is 2.07. The topological polar surface area (TPSA) is 85.2 Å². The second kappa shape index (κ2) is 10.1. The maximum Gasteiger partial charge on any atom is 0.255 e. The molecule has 164 valence electrons. The van der Waals surface area contributed by atoms with Gasteiger partial charge < -0.3 is 15.4 Å². The van der Waals surface area contributed by atoms with Gasteiger partial charge >= 0.3 is 0 Å². The molecular formula is C26H22N4O3. The Morgan fingerprint density at radius 1 is 0.879 bits per heavy atom. The molecule has 0 aliphatic rings. The second-order valence-corrected chi connectivity index (χ2v) is 7.14. The molecule has 2 amide bonds. The molecule has 0 atom stereocenters. The average Bonchev–Trinajstić information content (AvgIpc) is 3.33. The molecule has 0 bridgehead atoms. The van der Waals surface area contributed by atoms with E-state index in [4.69, 9.17) is 4.74 Å². The largest absolute Gasteiger partial charge is 0.497 e. The van der Waals surface area contributed by atoms with Gasteiger partial charge in [0.15, 0.2) is 0 Å². The van der Waals surface area contributed by atoms with E-state index < -0.39 is 0 Å². The summed E-state index contributed by atoms with van der Waals surface area (Å²) < 4.78 is 6.85. The van der Waals surface area contributed by atoms with Crippen LogP contribution in [0.25, 0.3) is 11.8 Å². The first-order valence-electron chi connectivity index (χ1n) is 10.3. The predicted molar refractivity (Wildman–Crippen MR) is 129 cm³/mol. The van der Waals surface area contributed by atoms with E-state index in [0.717, 1.165) is 11.3 Å². The number of nitrogens with one attached hydrogen (secondary N) is 2. The van der Waals surface area contributed by atoms with Gasteiger partial charge in [0.2, 0.25) is 5.91 Å². The molecule has 0 spiro atoms. The molecule has 0 aliphatic heterocycles. The summed E-state index contributed by atoms with van der Waals surface area (Å²) in [7, 11) is 1.59. The van der Waals surface area contributed by atoms with Crippen molar-refractivity contribution in [1.82, 2.24) is 9.78 Å². The van der Waals surface area contributed by atoms with Crippen LogP contribution in [-0.4, -0.2) is 28.7 Å². The van der Waals surface area contributed by atoms with Crippen LogP contribution >= 0.6 is 0 Å². The fourth-order valence-electron chi connectivity index (χ4n) is 3.08. The van der Waals surface area contributed by atoms with E-state index in [0.29, 0.717) is 22.7 Å². The molecule has 4 rings (SSSR count). The SMILES string of the molecule is COc1ccc(NC(=O)c2ccc(NC(=O)/C=C/c3cnn(-c4ccccc4)c3)cc2)cc1. The van der Waals surface area contributed by atoms with Crippen LogP contribution in [-0.2, 0) is 4.79 Å². The van der Waals surface area contributed by atoms with E-state index in [-0.39, 0.29) is 11.8 Å². The van der Waals surface area contributed by atoms with E-state index in [9.17, 15) is 9.59 Å². The Balaban J connectivity index is 1.32. The van der Waals surface area contributed by atoms with Crippen molar-refractivity contribution < 1.29 is 14.3 Å². The maximum atomic E-state index is 12.4. The van der Waals surface area contributed by atoms with Crippen molar-refractivity contribution in [2.75, 3.05) is 17.7 Å². The molecule has 4 aromatic rings. The zero-order valence-corrected chi connectivity index (χ0v) is 17.9. The van der Waals surface area contributed by atoms with Gasteiger partial charge in [-0.3, -0.25) is 9.59 Å². The number of ether oxygens (including phenoxy) is 1. The van der Waals surface area contributed by atoms with Crippen LogP contribution in [0.3, 0.4) is 0 Å². The third-order valence-electron chi connectivity index (χ3n) is 4.81. The minimum atomic E-state index is -0.280. The quantitative estimate of drug-likeness (QED) is 0.407. The van der Waals surface area contributed by atoms with Crippen LogP contribution in [0.15, 0.2) is 97.3 Å². The Bertz CT molecular complexity index is 1260. The van der Waals surface area contributed by atoms with Crippen LogP contribution in [0.2, 0.25) is 0 Å². The molecule has 0 saturated heterocycles. The number of para-hydroxylation sites is 1. The van der Waals surface area contributed by atoms with E-state index in [1.54, 1.807) is 72.6 Å². The molecule has 3 aromatic carbocycles. The summed E-state index contributed by atoms with van der Waals surface area (Å²) in [6.07, 6.45) is 6.66. The summed E-state index contributed by atoms with van der Waals surface area (Å²) in [6.45, 7) is 0. The lowest BCUT2D eigenvalue weighted by molar-refractivity contribution is -0.111. The molecular weight excluding hydrogens is 416 g/mol. The monoisotopic (exact) mass is 438 g/mol. The van der Waals surface area contributed by atoms with Crippen molar-refractivity contribution >= 4 is 29.3 Å². The number of benzene rings is 3. The van der Waals surface area contributed by atoms with Crippen LogP contribution < -0.4 is 15.4 Å². The van der Waals surface area contributed by atoms with Gasteiger partial charge in [-0.1, -0.05) is 18.2 Å². The number of carbonyl (C=O) groups is 2. The molecule has 2 N–H and O–H groups in total. The molecule has 0 unspecified atom stereocenters. The van der Waals surface area contributed by atoms with Crippen molar-refractivity contribution in [1.29, 1.82) is 0 Å². The fourth-order valence-corrected chi connectivity index (χ4v) is 3.08. The number of aromatic nitrogens is 2. The highest BCUT2D eigenvalue weighted by atomic mass is 16.5. The zero-order chi connectivity index (χ0) is 23.0. The van der Waals surface area contributed by atoms with Gasteiger partial charge in [-0.05, 0) is 66.7 Å². The van der Waals surface area contributed by atoms with Gasteiger partial charge in [0.05, 0.1) is 19.0 Å². The molecule has 0 fully saturated rings. The van der Waals surface area contributed by atoms with E-state index >= 15 is 0 Å². The lowest BCUT2D eigenvalue weighted by Gasteiger charge is -2.07. The summed E-state index contributed by atoms with van der Waals surface area (Å²) in [5.41, 5.74) is 3.48. The van der Waals surface area contributed by atoms with E-state index in [1.165, 1.54) is 6.08 Å². The summed E-state index contributed by atoms with van der Waals surface area (Å²) in [5.74, 6) is 0.193. The first kappa shape index (κ1) is 21.6. The highest BCUT2D eigenvalue weighted by molar-refractivity contribution is 6.05. The zero-order valence-electron chi connectivity index (χ0n) is 17.9. The van der Waals surface area contributed by atoms with Crippen molar-refractivity contribution in [2.45, 2.75) is 0 Å². The molecule has 0 saturated carbocycles. The summed E-state index contributed by atoms with van der Waals surface area (Å²) in [5, 5.41) is 9.90. The summed E-state index contributed by atoms with van der Waals surface area (Å²) in [6, 6.07) is 23.5. The third-order valence-corrected chi connectivity index (χ3v) is 4.81. The van der Waals surface area contributed by atoms with Crippen LogP contribution in [0.4, 0.5) is 11.4 Å². The lowest BCUT2D eigenvalue weighted by Crippen LogP contribution is -2.12. The predicted octanol–water partition coefficient (Wildman–Crippen LogP) is 4.79. The minimum Gasteiger partial charge on any atom is -0.497 e. The van der Waals surface area contributed by atoms with Crippen molar-refractivity contribution in [3.63, 3.8) is 0 Å². The highest BCUT2D eigenvalue weighted by Crippen LogP contribution is 2.17. The van der Waals surface area contributed by atoms with E-state index in [1.807, 2.05) is 36.5 Å². The van der Waals surface area contributed by atoms with Gasteiger partial charge in [0, 0.05) is 34.8 Å². The van der Waals surface area contributed by atoms with Crippen LogP contribution in [0, 0.1) is 0 Å². The minimum absolute atomic E-state index is 0.242. The lowest BCUT2D eigenvalue weighted by atomic mass is 10.2. The first-order chi connectivity index (χ1) is 16.1. The standard InChI is InChI=1S/C26H22N4O3/c1-33-24-14-12-22(13-15-24)29-26(32)20-8-10-21(11-9-20)28-25(31)16-7-19-17-27-30(18-19)23-5-3-2-4-6-23/h2-18H,1H3,(H,28,31)(H,29,32)/b16-7+. The Hall–Kier alpha value is -4.65. The average molecular weight is 438 g/mol. The number of methoxy groups -OCH3 is 1. The van der Waals surface area contributed by atoms with Gasteiger partial charge in [-0.15, -0.1) is 0 Å². The second-order valence-electron chi connectivity index (χ2n) is 7.14. The smallest absolute Gasteiger partial charge is 0.255 e. The summed E-state index contributed by atoms with van der Waals surface area (Å²) in [4.78, 5) is 24.7. The molecule has 7 heteroatoms. The number of anilines is 2. The van der Waals surface area contributed by atoms with Crippen molar-refractivity contribution in [3.05, 3.63) is 108 Å².